The van der Waals surface area contributed by atoms with Gasteiger partial charge in [-0.05, 0) is 61.6 Å². The zero-order valence-electron chi connectivity index (χ0n) is 19.6. The summed E-state index contributed by atoms with van der Waals surface area (Å²) < 4.78 is 1.91. The molecule has 6 heteroatoms. The number of hydrogen-bond donors (Lipinski definition) is 1. The van der Waals surface area contributed by atoms with E-state index in [4.69, 9.17) is 0 Å². The summed E-state index contributed by atoms with van der Waals surface area (Å²) in [4.78, 5) is 20.0. The third-order valence-electron chi connectivity index (χ3n) is 6.76. The van der Waals surface area contributed by atoms with Gasteiger partial charge in [0.15, 0.2) is 0 Å². The summed E-state index contributed by atoms with van der Waals surface area (Å²) in [6.07, 6.45) is 9.88. The Labute approximate surface area is 196 Å². The van der Waals surface area contributed by atoms with Gasteiger partial charge >= 0.3 is 0 Å². The van der Waals surface area contributed by atoms with Crippen LogP contribution in [0.4, 0.5) is 0 Å². The molecule has 1 saturated heterocycles. The van der Waals surface area contributed by atoms with E-state index < -0.39 is 5.41 Å². The standard InChI is InChI=1S/C27H33N5O/c1-4-12-29-26(33)27(11-6-15-32(20-27)19-25-18-30-31(3)21(25)2)17-22-7-5-8-24(16-22)23-9-13-28-14-10-23/h4-5,7-10,13-14,16,18H,1,6,11-12,15,17,19-20H2,2-3H3,(H,29,33). The van der Waals surface area contributed by atoms with Crippen LogP contribution in [-0.4, -0.2) is 45.2 Å². The number of pyridine rings is 1. The second-order valence-electron chi connectivity index (χ2n) is 9.09. The first-order valence-corrected chi connectivity index (χ1v) is 11.6. The fraction of sp³-hybridized carbons (Fsp3) is 0.370. The van der Waals surface area contributed by atoms with Gasteiger partial charge in [0.2, 0.25) is 5.91 Å². The molecule has 0 saturated carbocycles. The number of piperidine rings is 1. The third-order valence-corrected chi connectivity index (χ3v) is 6.76. The van der Waals surface area contributed by atoms with Crippen LogP contribution < -0.4 is 5.32 Å². The molecule has 0 bridgehead atoms. The number of amides is 1. The number of rotatable bonds is 8. The second kappa shape index (κ2) is 10.1. The van der Waals surface area contributed by atoms with Crippen LogP contribution in [0.25, 0.3) is 11.1 Å². The predicted octanol–water partition coefficient (Wildman–Crippen LogP) is 3.92. The summed E-state index contributed by atoms with van der Waals surface area (Å²) in [6, 6.07) is 12.6. The van der Waals surface area contributed by atoms with E-state index >= 15 is 0 Å². The Morgan fingerprint density at radius 1 is 1.24 bits per heavy atom. The van der Waals surface area contributed by atoms with Crippen molar-refractivity contribution in [3.63, 3.8) is 0 Å². The zero-order valence-corrected chi connectivity index (χ0v) is 19.6. The van der Waals surface area contributed by atoms with E-state index in [1.54, 1.807) is 6.08 Å². The molecule has 1 amide bonds. The fourth-order valence-electron chi connectivity index (χ4n) is 4.86. The Morgan fingerprint density at radius 3 is 2.79 bits per heavy atom. The van der Waals surface area contributed by atoms with Crippen LogP contribution in [0.3, 0.4) is 0 Å². The maximum atomic E-state index is 13.5. The number of hydrogen-bond acceptors (Lipinski definition) is 4. The first-order valence-electron chi connectivity index (χ1n) is 11.6. The van der Waals surface area contributed by atoms with Gasteiger partial charge in [0.05, 0.1) is 11.6 Å². The highest BCUT2D eigenvalue weighted by Crippen LogP contribution is 2.36. The topological polar surface area (TPSA) is 63.1 Å². The van der Waals surface area contributed by atoms with Crippen molar-refractivity contribution >= 4 is 5.91 Å². The molecule has 0 spiro atoms. The van der Waals surface area contributed by atoms with Crippen molar-refractivity contribution in [2.45, 2.75) is 32.7 Å². The van der Waals surface area contributed by atoms with Crippen molar-refractivity contribution in [2.24, 2.45) is 12.5 Å². The highest BCUT2D eigenvalue weighted by molar-refractivity contribution is 5.83. The van der Waals surface area contributed by atoms with E-state index in [1.165, 1.54) is 16.8 Å². The van der Waals surface area contributed by atoms with Crippen molar-refractivity contribution in [3.05, 3.63) is 84.5 Å². The SMILES string of the molecule is C=CCNC(=O)C1(Cc2cccc(-c3ccncc3)c2)CCCN(Cc2cnn(C)c2C)C1. The van der Waals surface area contributed by atoms with Gasteiger partial charge in [-0.2, -0.15) is 5.10 Å². The molecule has 6 nitrogen and oxygen atoms in total. The molecule has 4 rings (SSSR count). The fourth-order valence-corrected chi connectivity index (χ4v) is 4.86. The summed E-state index contributed by atoms with van der Waals surface area (Å²) in [5.41, 5.74) is 5.38. The van der Waals surface area contributed by atoms with E-state index in [2.05, 4.69) is 58.1 Å². The molecule has 172 valence electrons. The summed E-state index contributed by atoms with van der Waals surface area (Å²) in [5, 5.41) is 7.50. The molecule has 1 fully saturated rings. The maximum absolute atomic E-state index is 13.5. The van der Waals surface area contributed by atoms with Gasteiger partial charge in [0.25, 0.3) is 0 Å². The van der Waals surface area contributed by atoms with Crippen molar-refractivity contribution in [3.8, 4) is 11.1 Å². The Kier molecular flexibility index (Phi) is 7.04. The van der Waals surface area contributed by atoms with E-state index in [1.807, 2.05) is 42.5 Å². The van der Waals surface area contributed by atoms with Crippen LogP contribution in [0.5, 0.6) is 0 Å². The summed E-state index contributed by atoms with van der Waals surface area (Å²) >= 11 is 0. The minimum atomic E-state index is -0.478. The molecule has 1 aliphatic rings. The van der Waals surface area contributed by atoms with Crippen LogP contribution in [0.2, 0.25) is 0 Å². The minimum Gasteiger partial charge on any atom is -0.352 e. The smallest absolute Gasteiger partial charge is 0.228 e. The van der Waals surface area contributed by atoms with Crippen LogP contribution in [0.1, 0.15) is 29.7 Å². The Bertz CT molecular complexity index is 1110. The molecule has 0 radical (unpaired) electrons. The number of carbonyl (C=O) groups is 1. The molecule has 33 heavy (non-hydrogen) atoms. The van der Waals surface area contributed by atoms with Gasteiger partial charge < -0.3 is 5.32 Å². The van der Waals surface area contributed by atoms with Crippen molar-refractivity contribution in [1.29, 1.82) is 0 Å². The lowest BCUT2D eigenvalue weighted by Gasteiger charge is -2.42. The Balaban J connectivity index is 1.60. The number of nitrogens with one attached hydrogen (secondary N) is 1. The third kappa shape index (κ3) is 5.22. The van der Waals surface area contributed by atoms with Crippen LogP contribution in [0, 0.1) is 12.3 Å². The number of benzene rings is 1. The largest absolute Gasteiger partial charge is 0.352 e. The minimum absolute atomic E-state index is 0.115. The van der Waals surface area contributed by atoms with E-state index in [0.717, 1.165) is 43.6 Å². The number of nitrogens with zero attached hydrogens (tertiary/aromatic N) is 4. The molecule has 2 aromatic heterocycles. The molecule has 1 aliphatic heterocycles. The average Bonchev–Trinajstić information content (AvgIpc) is 3.15. The number of aryl methyl sites for hydroxylation is 1. The zero-order chi connectivity index (χ0) is 23.3. The molecule has 1 atom stereocenters. The van der Waals surface area contributed by atoms with Crippen molar-refractivity contribution in [2.75, 3.05) is 19.6 Å². The molecule has 1 N–H and O–H groups in total. The molecule has 1 aromatic carbocycles. The lowest BCUT2D eigenvalue weighted by atomic mass is 9.74. The summed E-state index contributed by atoms with van der Waals surface area (Å²) in [7, 11) is 1.97. The first-order chi connectivity index (χ1) is 16.0. The average molecular weight is 444 g/mol. The Morgan fingerprint density at radius 2 is 2.06 bits per heavy atom. The number of likely N-dealkylation sites (tertiary alicyclic amines) is 1. The van der Waals surface area contributed by atoms with Gasteiger partial charge in [-0.1, -0.05) is 30.3 Å². The molecule has 1 unspecified atom stereocenters. The Hall–Kier alpha value is -3.25. The normalized spacial score (nSPS) is 18.7. The first kappa shape index (κ1) is 22.9. The summed E-state index contributed by atoms with van der Waals surface area (Å²) in [6.45, 7) is 8.88. The van der Waals surface area contributed by atoms with Crippen molar-refractivity contribution < 1.29 is 4.79 Å². The monoisotopic (exact) mass is 443 g/mol. The highest BCUT2D eigenvalue weighted by atomic mass is 16.2. The molecule has 3 heterocycles. The van der Waals surface area contributed by atoms with Gasteiger partial charge in [-0.15, -0.1) is 6.58 Å². The van der Waals surface area contributed by atoms with Crippen LogP contribution in [-0.2, 0) is 24.8 Å². The molecular formula is C27H33N5O. The van der Waals surface area contributed by atoms with E-state index in [0.29, 0.717) is 13.0 Å². The molecule has 3 aromatic rings. The maximum Gasteiger partial charge on any atom is 0.228 e. The van der Waals surface area contributed by atoms with Crippen LogP contribution >= 0.6 is 0 Å². The van der Waals surface area contributed by atoms with Gasteiger partial charge in [-0.25, -0.2) is 0 Å². The second-order valence-corrected chi connectivity index (χ2v) is 9.09. The lowest BCUT2D eigenvalue weighted by molar-refractivity contribution is -0.134. The summed E-state index contributed by atoms with van der Waals surface area (Å²) in [5.74, 6) is 0.115. The van der Waals surface area contributed by atoms with Gasteiger partial charge in [0, 0.05) is 50.3 Å². The van der Waals surface area contributed by atoms with Crippen LogP contribution in [0.15, 0.2) is 67.6 Å². The predicted molar refractivity (Wildman–Crippen MR) is 131 cm³/mol. The number of aromatic nitrogens is 3. The van der Waals surface area contributed by atoms with Gasteiger partial charge in [-0.3, -0.25) is 19.4 Å². The quantitative estimate of drug-likeness (QED) is 0.536. The molecular weight excluding hydrogens is 410 g/mol. The van der Waals surface area contributed by atoms with E-state index in [9.17, 15) is 4.79 Å². The lowest BCUT2D eigenvalue weighted by Crippen LogP contribution is -2.53. The van der Waals surface area contributed by atoms with Crippen molar-refractivity contribution in [1.82, 2.24) is 25.0 Å². The molecule has 0 aliphatic carbocycles. The van der Waals surface area contributed by atoms with Gasteiger partial charge in [0.1, 0.15) is 0 Å². The van der Waals surface area contributed by atoms with E-state index in [-0.39, 0.29) is 5.91 Å². The number of carbonyl (C=O) groups excluding carboxylic acids is 1. The highest BCUT2D eigenvalue weighted by Gasteiger charge is 2.42.